The lowest BCUT2D eigenvalue weighted by Crippen LogP contribution is -2.25. The van der Waals surface area contributed by atoms with E-state index in [0.29, 0.717) is 17.3 Å². The van der Waals surface area contributed by atoms with Crippen molar-refractivity contribution in [2.24, 2.45) is 0 Å². The minimum atomic E-state index is -0.316. The SMILES string of the molecule is CCC(Sc1nnc(CSc2ccccc2)n1-c1ccccc1)C(=O)Nc1ccc(OC)cc1. The molecule has 0 aliphatic rings. The number of aromatic nitrogens is 3. The minimum absolute atomic E-state index is 0.0690. The normalized spacial score (nSPS) is 11.7. The van der Waals surface area contributed by atoms with Gasteiger partial charge in [0.2, 0.25) is 5.91 Å². The average molecular weight is 491 g/mol. The number of nitrogens with zero attached hydrogens (tertiary/aromatic N) is 3. The van der Waals surface area contributed by atoms with Crippen LogP contribution in [0.5, 0.6) is 5.75 Å². The summed E-state index contributed by atoms with van der Waals surface area (Å²) in [5, 5.41) is 12.3. The Morgan fingerprint density at radius 3 is 2.29 bits per heavy atom. The Morgan fingerprint density at radius 2 is 1.65 bits per heavy atom. The van der Waals surface area contributed by atoms with Crippen molar-refractivity contribution in [2.45, 2.75) is 34.4 Å². The molecule has 1 heterocycles. The number of ether oxygens (including phenoxy) is 1. The summed E-state index contributed by atoms with van der Waals surface area (Å²) in [5.74, 6) is 2.19. The van der Waals surface area contributed by atoms with Gasteiger partial charge in [-0.25, -0.2) is 0 Å². The number of amides is 1. The number of para-hydroxylation sites is 1. The van der Waals surface area contributed by atoms with Gasteiger partial charge in [-0.1, -0.05) is 55.1 Å². The van der Waals surface area contributed by atoms with E-state index in [1.54, 1.807) is 18.9 Å². The number of nitrogens with one attached hydrogen (secondary N) is 1. The number of rotatable bonds is 10. The van der Waals surface area contributed by atoms with Crippen LogP contribution in [-0.4, -0.2) is 33.0 Å². The van der Waals surface area contributed by atoms with E-state index in [2.05, 4.69) is 27.6 Å². The lowest BCUT2D eigenvalue weighted by atomic mass is 10.2. The van der Waals surface area contributed by atoms with Gasteiger partial charge in [-0.3, -0.25) is 9.36 Å². The quantitative estimate of drug-likeness (QED) is 0.272. The molecular weight excluding hydrogens is 464 g/mol. The third-order valence-corrected chi connectivity index (χ3v) is 7.41. The van der Waals surface area contributed by atoms with Gasteiger partial charge in [0, 0.05) is 16.3 Å². The van der Waals surface area contributed by atoms with Gasteiger partial charge in [0.15, 0.2) is 5.16 Å². The summed E-state index contributed by atoms with van der Waals surface area (Å²) in [5.41, 5.74) is 1.71. The predicted octanol–water partition coefficient (Wildman–Crippen LogP) is 6.08. The molecule has 6 nitrogen and oxygen atoms in total. The molecule has 0 bridgehead atoms. The molecule has 4 rings (SSSR count). The van der Waals surface area contributed by atoms with Crippen molar-refractivity contribution in [1.29, 1.82) is 0 Å². The average Bonchev–Trinajstić information content (AvgIpc) is 3.30. The zero-order chi connectivity index (χ0) is 23.8. The van der Waals surface area contributed by atoms with Crippen LogP contribution in [-0.2, 0) is 10.5 Å². The first-order valence-corrected chi connectivity index (χ1v) is 12.8. The first kappa shape index (κ1) is 23.9. The molecule has 1 amide bonds. The fourth-order valence-corrected chi connectivity index (χ4v) is 5.14. The number of hydrogen-bond acceptors (Lipinski definition) is 6. The first-order valence-electron chi connectivity index (χ1n) is 11.0. The molecule has 174 valence electrons. The number of thioether (sulfide) groups is 2. The Morgan fingerprint density at radius 1 is 0.971 bits per heavy atom. The number of anilines is 1. The first-order chi connectivity index (χ1) is 16.7. The van der Waals surface area contributed by atoms with E-state index in [1.807, 2.05) is 84.3 Å². The number of carbonyl (C=O) groups excluding carboxylic acids is 1. The number of hydrogen-bond donors (Lipinski definition) is 1. The van der Waals surface area contributed by atoms with E-state index in [9.17, 15) is 4.79 Å². The highest BCUT2D eigenvalue weighted by Crippen LogP contribution is 2.31. The van der Waals surface area contributed by atoms with E-state index in [0.717, 1.165) is 22.9 Å². The van der Waals surface area contributed by atoms with E-state index in [1.165, 1.54) is 16.7 Å². The monoisotopic (exact) mass is 490 g/mol. The van der Waals surface area contributed by atoms with Crippen molar-refractivity contribution in [1.82, 2.24) is 14.8 Å². The topological polar surface area (TPSA) is 69.0 Å². The molecule has 0 fully saturated rings. The van der Waals surface area contributed by atoms with Crippen LogP contribution >= 0.6 is 23.5 Å². The van der Waals surface area contributed by atoms with Crippen LogP contribution in [0.3, 0.4) is 0 Å². The largest absolute Gasteiger partial charge is 0.497 e. The molecule has 1 aromatic heterocycles. The molecule has 1 N–H and O–H groups in total. The van der Waals surface area contributed by atoms with Gasteiger partial charge in [-0.2, -0.15) is 0 Å². The molecule has 8 heteroatoms. The molecule has 4 aromatic rings. The second-order valence-electron chi connectivity index (χ2n) is 7.40. The highest BCUT2D eigenvalue weighted by Gasteiger charge is 2.23. The molecule has 0 spiro atoms. The van der Waals surface area contributed by atoms with E-state index < -0.39 is 0 Å². The number of methoxy groups -OCH3 is 1. The molecule has 0 saturated carbocycles. The van der Waals surface area contributed by atoms with Crippen LogP contribution in [0.4, 0.5) is 5.69 Å². The van der Waals surface area contributed by atoms with E-state index in [-0.39, 0.29) is 11.2 Å². The number of carbonyl (C=O) groups is 1. The predicted molar refractivity (Wildman–Crippen MR) is 139 cm³/mol. The summed E-state index contributed by atoms with van der Waals surface area (Å²) in [6, 6.07) is 27.6. The zero-order valence-electron chi connectivity index (χ0n) is 19.0. The Hall–Kier alpha value is -3.23. The Bertz CT molecular complexity index is 1200. The van der Waals surface area contributed by atoms with Crippen LogP contribution in [0, 0.1) is 0 Å². The molecule has 0 aliphatic carbocycles. The Labute approximate surface area is 208 Å². The second-order valence-corrected chi connectivity index (χ2v) is 9.62. The maximum Gasteiger partial charge on any atom is 0.237 e. The van der Waals surface area contributed by atoms with E-state index >= 15 is 0 Å². The van der Waals surface area contributed by atoms with Crippen molar-refractivity contribution in [3.05, 3.63) is 90.8 Å². The van der Waals surface area contributed by atoms with Gasteiger partial charge in [-0.05, 0) is 55.0 Å². The molecular formula is C26H26N4O2S2. The molecule has 0 saturated heterocycles. The van der Waals surface area contributed by atoms with Crippen LogP contribution in [0.25, 0.3) is 5.69 Å². The fourth-order valence-electron chi connectivity index (χ4n) is 3.32. The fraction of sp³-hybridized carbons (Fsp3) is 0.192. The molecule has 0 radical (unpaired) electrons. The summed E-state index contributed by atoms with van der Waals surface area (Å²) in [6.07, 6.45) is 0.655. The van der Waals surface area contributed by atoms with Crippen LogP contribution in [0.15, 0.2) is 95.0 Å². The molecule has 34 heavy (non-hydrogen) atoms. The van der Waals surface area contributed by atoms with Crippen molar-refractivity contribution >= 4 is 35.1 Å². The third-order valence-electron chi connectivity index (χ3n) is 5.09. The third kappa shape index (κ3) is 6.01. The van der Waals surface area contributed by atoms with Crippen LogP contribution < -0.4 is 10.1 Å². The van der Waals surface area contributed by atoms with Crippen LogP contribution in [0.2, 0.25) is 0 Å². The summed E-state index contributed by atoms with van der Waals surface area (Å²) >= 11 is 3.14. The van der Waals surface area contributed by atoms with Crippen molar-refractivity contribution in [3.8, 4) is 11.4 Å². The lowest BCUT2D eigenvalue weighted by molar-refractivity contribution is -0.115. The molecule has 0 aliphatic heterocycles. The smallest absolute Gasteiger partial charge is 0.237 e. The highest BCUT2D eigenvalue weighted by atomic mass is 32.2. The highest BCUT2D eigenvalue weighted by molar-refractivity contribution is 8.00. The van der Waals surface area contributed by atoms with Gasteiger partial charge >= 0.3 is 0 Å². The molecule has 3 aromatic carbocycles. The summed E-state index contributed by atoms with van der Waals surface area (Å²) < 4.78 is 7.24. The zero-order valence-corrected chi connectivity index (χ0v) is 20.7. The molecule has 1 unspecified atom stereocenters. The summed E-state index contributed by atoms with van der Waals surface area (Å²) in [4.78, 5) is 14.2. The maximum absolute atomic E-state index is 13.0. The summed E-state index contributed by atoms with van der Waals surface area (Å²) in [6.45, 7) is 2.00. The Kier molecular flexibility index (Phi) is 8.27. The van der Waals surface area contributed by atoms with Gasteiger partial charge < -0.3 is 10.1 Å². The van der Waals surface area contributed by atoms with Crippen molar-refractivity contribution in [2.75, 3.05) is 12.4 Å². The van der Waals surface area contributed by atoms with Crippen LogP contribution in [0.1, 0.15) is 19.2 Å². The Balaban J connectivity index is 1.54. The number of benzene rings is 3. The lowest BCUT2D eigenvalue weighted by Gasteiger charge is -2.16. The second kappa shape index (κ2) is 11.8. The van der Waals surface area contributed by atoms with Crippen molar-refractivity contribution in [3.63, 3.8) is 0 Å². The van der Waals surface area contributed by atoms with Gasteiger partial charge in [0.05, 0.1) is 18.1 Å². The summed E-state index contributed by atoms with van der Waals surface area (Å²) in [7, 11) is 1.62. The van der Waals surface area contributed by atoms with E-state index in [4.69, 9.17) is 4.74 Å². The molecule has 1 atom stereocenters. The van der Waals surface area contributed by atoms with Gasteiger partial charge in [-0.15, -0.1) is 22.0 Å². The van der Waals surface area contributed by atoms with Gasteiger partial charge in [0.25, 0.3) is 0 Å². The standard InChI is InChI=1S/C26H26N4O2S2/c1-3-23(25(31)27-19-14-16-21(32-2)17-15-19)34-26-29-28-24(18-33-22-12-8-5-9-13-22)30(26)20-10-6-4-7-11-20/h4-17,23H,3,18H2,1-2H3,(H,27,31). The van der Waals surface area contributed by atoms with Crippen molar-refractivity contribution < 1.29 is 9.53 Å². The minimum Gasteiger partial charge on any atom is -0.497 e. The maximum atomic E-state index is 13.0. The van der Waals surface area contributed by atoms with Gasteiger partial charge in [0.1, 0.15) is 11.6 Å².